The minimum atomic E-state index is -0.308. The molecule has 0 radical (unpaired) electrons. The normalized spacial score (nSPS) is 16.6. The van der Waals surface area contributed by atoms with Crippen LogP contribution >= 0.6 is 0 Å². The first kappa shape index (κ1) is 13.0. The van der Waals surface area contributed by atoms with Crippen LogP contribution in [-0.4, -0.2) is 5.97 Å². The molecule has 0 bridgehead atoms. The number of fused-ring (bicyclic) bond motifs is 2. The molecule has 3 aromatic rings. The molecule has 0 aliphatic carbocycles. The van der Waals surface area contributed by atoms with Gasteiger partial charge in [0.1, 0.15) is 11.9 Å². The lowest BCUT2D eigenvalue weighted by atomic mass is 9.95. The van der Waals surface area contributed by atoms with E-state index in [-0.39, 0.29) is 17.9 Å². The lowest BCUT2D eigenvalue weighted by Gasteiger charge is -2.13. The van der Waals surface area contributed by atoms with Crippen molar-refractivity contribution in [2.75, 3.05) is 0 Å². The molecule has 2 nitrogen and oxygen atoms in total. The van der Waals surface area contributed by atoms with Crippen molar-refractivity contribution >= 4 is 16.7 Å². The first-order valence-electron chi connectivity index (χ1n) is 7.20. The summed E-state index contributed by atoms with van der Waals surface area (Å²) in [5, 5.41) is 1.46. The highest BCUT2D eigenvalue weighted by atomic mass is 19.1. The van der Waals surface area contributed by atoms with E-state index in [1.54, 1.807) is 18.2 Å². The topological polar surface area (TPSA) is 26.3 Å². The van der Waals surface area contributed by atoms with Gasteiger partial charge in [0, 0.05) is 17.4 Å². The summed E-state index contributed by atoms with van der Waals surface area (Å²) in [4.78, 5) is 11.9. The van der Waals surface area contributed by atoms with Crippen LogP contribution in [-0.2, 0) is 11.2 Å². The van der Waals surface area contributed by atoms with Gasteiger partial charge in [0.2, 0.25) is 0 Å². The van der Waals surface area contributed by atoms with Crippen LogP contribution in [0, 0.1) is 5.82 Å². The van der Waals surface area contributed by atoms with Crippen molar-refractivity contribution < 1.29 is 13.9 Å². The SMILES string of the molecule is O=C1OC(Cc2ccc(F)c3ccccc23)c2ccccc21. The highest BCUT2D eigenvalue weighted by Crippen LogP contribution is 2.34. The largest absolute Gasteiger partial charge is 0.454 e. The Morgan fingerprint density at radius 1 is 0.909 bits per heavy atom. The Morgan fingerprint density at radius 3 is 2.50 bits per heavy atom. The maximum absolute atomic E-state index is 13.9. The van der Waals surface area contributed by atoms with Gasteiger partial charge in [0.25, 0.3) is 0 Å². The molecule has 1 aliphatic rings. The molecule has 0 aromatic heterocycles. The van der Waals surface area contributed by atoms with Crippen molar-refractivity contribution in [1.82, 2.24) is 0 Å². The van der Waals surface area contributed by atoms with Gasteiger partial charge in [-0.1, -0.05) is 48.5 Å². The van der Waals surface area contributed by atoms with Gasteiger partial charge in [0.05, 0.1) is 5.56 Å². The minimum absolute atomic E-state index is 0.233. The van der Waals surface area contributed by atoms with E-state index >= 15 is 0 Å². The van der Waals surface area contributed by atoms with Crippen molar-refractivity contribution in [3.8, 4) is 0 Å². The Bertz CT molecular complexity index is 885. The van der Waals surface area contributed by atoms with E-state index in [4.69, 9.17) is 4.74 Å². The third kappa shape index (κ3) is 1.98. The van der Waals surface area contributed by atoms with Gasteiger partial charge in [-0.15, -0.1) is 0 Å². The zero-order valence-corrected chi connectivity index (χ0v) is 11.8. The Morgan fingerprint density at radius 2 is 1.64 bits per heavy atom. The lowest BCUT2D eigenvalue weighted by molar-refractivity contribution is 0.0387. The number of ether oxygens (including phenoxy) is 1. The molecule has 0 saturated heterocycles. The van der Waals surface area contributed by atoms with Gasteiger partial charge in [-0.2, -0.15) is 0 Å². The van der Waals surface area contributed by atoms with Crippen LogP contribution < -0.4 is 0 Å². The number of carbonyl (C=O) groups is 1. The molecule has 0 fully saturated rings. The number of cyclic esters (lactones) is 1. The number of esters is 1. The summed E-state index contributed by atoms with van der Waals surface area (Å²) in [7, 11) is 0. The quantitative estimate of drug-likeness (QED) is 0.653. The van der Waals surface area contributed by atoms with E-state index in [1.807, 2.05) is 36.4 Å². The number of carbonyl (C=O) groups excluding carboxylic acids is 1. The highest BCUT2D eigenvalue weighted by molar-refractivity contribution is 5.94. The summed E-state index contributed by atoms with van der Waals surface area (Å²) >= 11 is 0. The van der Waals surface area contributed by atoms with Crippen LogP contribution in [0.25, 0.3) is 10.8 Å². The Balaban J connectivity index is 1.77. The van der Waals surface area contributed by atoms with Crippen LogP contribution in [0.15, 0.2) is 60.7 Å². The van der Waals surface area contributed by atoms with E-state index in [1.165, 1.54) is 6.07 Å². The number of hydrogen-bond acceptors (Lipinski definition) is 2. The first-order chi connectivity index (χ1) is 10.7. The second kappa shape index (κ2) is 4.95. The number of hydrogen-bond donors (Lipinski definition) is 0. The van der Waals surface area contributed by atoms with Gasteiger partial charge in [0.15, 0.2) is 0 Å². The zero-order valence-electron chi connectivity index (χ0n) is 11.8. The highest BCUT2D eigenvalue weighted by Gasteiger charge is 2.30. The molecule has 22 heavy (non-hydrogen) atoms. The van der Waals surface area contributed by atoms with Crippen LogP contribution in [0.2, 0.25) is 0 Å². The third-order valence-corrected chi connectivity index (χ3v) is 4.14. The number of rotatable bonds is 2. The second-order valence-corrected chi connectivity index (χ2v) is 5.44. The summed E-state index contributed by atoms with van der Waals surface area (Å²) in [5.41, 5.74) is 2.51. The van der Waals surface area contributed by atoms with E-state index in [0.717, 1.165) is 16.5 Å². The molecule has 0 amide bonds. The lowest BCUT2D eigenvalue weighted by Crippen LogP contribution is -2.03. The zero-order chi connectivity index (χ0) is 15.1. The van der Waals surface area contributed by atoms with Gasteiger partial charge in [-0.25, -0.2) is 9.18 Å². The maximum Gasteiger partial charge on any atom is 0.339 e. The molecule has 4 rings (SSSR count). The van der Waals surface area contributed by atoms with Gasteiger partial charge in [-0.3, -0.25) is 0 Å². The molecule has 0 spiro atoms. The second-order valence-electron chi connectivity index (χ2n) is 5.44. The monoisotopic (exact) mass is 292 g/mol. The molecule has 1 aliphatic heterocycles. The summed E-state index contributed by atoms with van der Waals surface area (Å²) in [6.45, 7) is 0. The van der Waals surface area contributed by atoms with E-state index in [0.29, 0.717) is 17.4 Å². The molecular weight excluding hydrogens is 279 g/mol. The van der Waals surface area contributed by atoms with Crippen LogP contribution in [0.1, 0.15) is 27.6 Å². The van der Waals surface area contributed by atoms with Crippen LogP contribution in [0.5, 0.6) is 0 Å². The van der Waals surface area contributed by atoms with Gasteiger partial charge in [-0.05, 0) is 23.1 Å². The van der Waals surface area contributed by atoms with E-state index in [9.17, 15) is 9.18 Å². The molecule has 3 aromatic carbocycles. The fraction of sp³-hybridized carbons (Fsp3) is 0.105. The Hall–Kier alpha value is -2.68. The van der Waals surface area contributed by atoms with Crippen molar-refractivity contribution in [2.45, 2.75) is 12.5 Å². The number of halogens is 1. The van der Waals surface area contributed by atoms with Crippen molar-refractivity contribution in [3.05, 3.63) is 83.2 Å². The van der Waals surface area contributed by atoms with Gasteiger partial charge < -0.3 is 4.74 Å². The molecule has 108 valence electrons. The summed E-state index contributed by atoms with van der Waals surface area (Å²) in [6.07, 6.45) is 0.237. The average Bonchev–Trinajstić information content (AvgIpc) is 2.87. The minimum Gasteiger partial charge on any atom is -0.454 e. The predicted molar refractivity (Wildman–Crippen MR) is 82.2 cm³/mol. The standard InChI is InChI=1S/C19H13FO2/c20-17-10-9-12(13-5-1-2-6-14(13)17)11-18-15-7-3-4-8-16(15)19(21)22-18/h1-10,18H,11H2. The Labute approximate surface area is 127 Å². The molecule has 1 heterocycles. The summed E-state index contributed by atoms with van der Waals surface area (Å²) in [5.74, 6) is -0.518. The maximum atomic E-state index is 13.9. The van der Waals surface area contributed by atoms with Crippen molar-refractivity contribution in [2.24, 2.45) is 0 Å². The molecule has 1 unspecified atom stereocenters. The molecule has 0 saturated carbocycles. The Kier molecular flexibility index (Phi) is 2.93. The molecule has 1 atom stereocenters. The summed E-state index contributed by atoms with van der Waals surface area (Å²) < 4.78 is 19.4. The predicted octanol–water partition coefficient (Wildman–Crippen LogP) is 4.43. The molecule has 3 heteroatoms. The van der Waals surface area contributed by atoms with Crippen LogP contribution in [0.4, 0.5) is 4.39 Å². The fourth-order valence-corrected chi connectivity index (χ4v) is 3.07. The van der Waals surface area contributed by atoms with Crippen molar-refractivity contribution in [1.29, 1.82) is 0 Å². The molecule has 0 N–H and O–H groups in total. The number of benzene rings is 3. The average molecular weight is 292 g/mol. The van der Waals surface area contributed by atoms with E-state index < -0.39 is 0 Å². The van der Waals surface area contributed by atoms with Gasteiger partial charge >= 0.3 is 5.97 Å². The van der Waals surface area contributed by atoms with E-state index in [2.05, 4.69) is 0 Å². The smallest absolute Gasteiger partial charge is 0.339 e. The van der Waals surface area contributed by atoms with Crippen molar-refractivity contribution in [3.63, 3.8) is 0 Å². The third-order valence-electron chi connectivity index (χ3n) is 4.14. The molecular formula is C19H13FO2. The van der Waals surface area contributed by atoms with Crippen LogP contribution in [0.3, 0.4) is 0 Å². The fourth-order valence-electron chi connectivity index (χ4n) is 3.07. The summed E-state index contributed by atoms with van der Waals surface area (Å²) in [6, 6.07) is 18.0. The first-order valence-corrected chi connectivity index (χ1v) is 7.20.